The summed E-state index contributed by atoms with van der Waals surface area (Å²) in [6.07, 6.45) is -2.89. The Morgan fingerprint density at radius 3 is 2.74 bits per heavy atom. The van der Waals surface area contributed by atoms with Crippen LogP contribution in [0.2, 0.25) is 0 Å². The average molecular weight is 321 g/mol. The molecule has 2 aromatic heterocycles. The molecule has 0 aliphatic rings. The summed E-state index contributed by atoms with van der Waals surface area (Å²) in [5, 5.41) is 3.73. The molecule has 3 rings (SSSR count). The highest BCUT2D eigenvalue weighted by Crippen LogP contribution is 2.30. The van der Waals surface area contributed by atoms with E-state index >= 15 is 0 Å². The van der Waals surface area contributed by atoms with Gasteiger partial charge in [0.25, 0.3) is 0 Å². The molecule has 8 heteroatoms. The lowest BCUT2D eigenvalue weighted by atomic mass is 10.1. The smallest absolute Gasteiger partial charge is 0.339 e. The average Bonchev–Trinajstić information content (AvgIpc) is 2.95. The minimum Gasteiger partial charge on any atom is -0.339 e. The molecule has 0 fully saturated rings. The topological polar surface area (TPSA) is 71.8 Å². The number of H-pyrrole nitrogens is 1. The summed E-state index contributed by atoms with van der Waals surface area (Å²) in [6, 6.07) is 7.81. The Labute approximate surface area is 127 Å². The zero-order valence-electron chi connectivity index (χ0n) is 11.6. The van der Waals surface area contributed by atoms with Crippen LogP contribution in [0.5, 0.6) is 0 Å². The zero-order chi connectivity index (χ0) is 16.4. The minimum atomic E-state index is -4.40. The van der Waals surface area contributed by atoms with Crippen LogP contribution in [0.15, 0.2) is 51.9 Å². The highest BCUT2D eigenvalue weighted by Gasteiger charge is 2.30. The van der Waals surface area contributed by atoms with Crippen molar-refractivity contribution in [1.29, 1.82) is 0 Å². The van der Waals surface area contributed by atoms with Crippen LogP contribution in [0.4, 0.5) is 13.2 Å². The number of halogens is 3. The number of nitrogens with one attached hydrogen (secondary N) is 1. The molecule has 0 bridgehead atoms. The van der Waals surface area contributed by atoms with Gasteiger partial charge in [0.2, 0.25) is 17.3 Å². The van der Waals surface area contributed by atoms with Crippen molar-refractivity contribution in [2.45, 2.75) is 12.6 Å². The molecule has 0 aliphatic heterocycles. The summed E-state index contributed by atoms with van der Waals surface area (Å²) in [6.45, 7) is 0. The molecule has 0 saturated heterocycles. The Balaban J connectivity index is 1.84. The Kier molecular flexibility index (Phi) is 3.73. The van der Waals surface area contributed by atoms with Crippen molar-refractivity contribution in [3.63, 3.8) is 0 Å². The summed E-state index contributed by atoms with van der Waals surface area (Å²) in [5.74, 6) is 0.373. The molecule has 0 amide bonds. The molecular formula is C15H10F3N3O2. The first kappa shape index (κ1) is 15.0. The van der Waals surface area contributed by atoms with Crippen molar-refractivity contribution < 1.29 is 17.7 Å². The van der Waals surface area contributed by atoms with Crippen LogP contribution in [0.3, 0.4) is 0 Å². The van der Waals surface area contributed by atoms with E-state index in [4.69, 9.17) is 4.52 Å². The number of benzene rings is 1. The molecule has 1 N–H and O–H groups in total. The number of nitrogens with zero attached hydrogens (tertiary/aromatic N) is 2. The van der Waals surface area contributed by atoms with Crippen LogP contribution in [-0.4, -0.2) is 15.1 Å². The molecule has 118 valence electrons. The number of rotatable bonds is 3. The van der Waals surface area contributed by atoms with Crippen molar-refractivity contribution in [2.75, 3.05) is 0 Å². The predicted molar refractivity (Wildman–Crippen MR) is 74.6 cm³/mol. The molecule has 2 heterocycles. The molecule has 0 aliphatic carbocycles. The summed E-state index contributed by atoms with van der Waals surface area (Å²) in [5.41, 5.74) is -0.176. The zero-order valence-corrected chi connectivity index (χ0v) is 11.6. The van der Waals surface area contributed by atoms with Gasteiger partial charge in [-0.1, -0.05) is 23.4 Å². The second-order valence-electron chi connectivity index (χ2n) is 4.83. The van der Waals surface area contributed by atoms with Gasteiger partial charge in [-0.05, 0) is 17.7 Å². The fraction of sp³-hybridized carbons (Fsp3) is 0.133. The van der Waals surface area contributed by atoms with E-state index in [0.29, 0.717) is 11.1 Å². The molecule has 0 saturated carbocycles. The van der Waals surface area contributed by atoms with Crippen molar-refractivity contribution in [3.05, 3.63) is 70.0 Å². The Morgan fingerprint density at radius 2 is 2.00 bits per heavy atom. The lowest BCUT2D eigenvalue weighted by Gasteiger charge is -2.07. The summed E-state index contributed by atoms with van der Waals surface area (Å²) in [7, 11) is 0. The molecule has 0 spiro atoms. The van der Waals surface area contributed by atoms with Crippen LogP contribution in [0.25, 0.3) is 11.4 Å². The van der Waals surface area contributed by atoms with Gasteiger partial charge in [-0.25, -0.2) is 0 Å². The first-order valence-corrected chi connectivity index (χ1v) is 6.60. The maximum absolute atomic E-state index is 12.7. The van der Waals surface area contributed by atoms with Gasteiger partial charge in [0.1, 0.15) is 0 Å². The fourth-order valence-corrected chi connectivity index (χ4v) is 2.06. The van der Waals surface area contributed by atoms with Gasteiger partial charge < -0.3 is 9.51 Å². The third-order valence-corrected chi connectivity index (χ3v) is 3.11. The maximum Gasteiger partial charge on any atom is 0.416 e. The minimum absolute atomic E-state index is 0.0696. The van der Waals surface area contributed by atoms with Gasteiger partial charge in [0, 0.05) is 17.8 Å². The number of alkyl halides is 3. The van der Waals surface area contributed by atoms with Gasteiger partial charge in [0.15, 0.2) is 0 Å². The van der Waals surface area contributed by atoms with Crippen LogP contribution >= 0.6 is 0 Å². The molecule has 0 atom stereocenters. The fourth-order valence-electron chi connectivity index (χ4n) is 2.06. The van der Waals surface area contributed by atoms with Crippen LogP contribution < -0.4 is 5.56 Å². The molecule has 1 aromatic carbocycles. The number of pyridine rings is 1. The first-order chi connectivity index (χ1) is 10.9. The van der Waals surface area contributed by atoms with Gasteiger partial charge in [-0.2, -0.15) is 18.2 Å². The highest BCUT2D eigenvalue weighted by molar-refractivity contribution is 5.52. The molecule has 3 aromatic rings. The van der Waals surface area contributed by atoms with E-state index in [2.05, 4.69) is 15.1 Å². The summed E-state index contributed by atoms with van der Waals surface area (Å²) < 4.78 is 43.1. The number of aromatic amines is 1. The van der Waals surface area contributed by atoms with E-state index in [-0.39, 0.29) is 23.7 Å². The van der Waals surface area contributed by atoms with E-state index in [0.717, 1.165) is 12.1 Å². The van der Waals surface area contributed by atoms with E-state index in [1.165, 1.54) is 18.3 Å². The number of hydrogen-bond acceptors (Lipinski definition) is 4. The van der Waals surface area contributed by atoms with Crippen LogP contribution in [0, 0.1) is 0 Å². The quantitative estimate of drug-likeness (QED) is 0.805. The Hall–Kier alpha value is -2.90. The third-order valence-electron chi connectivity index (χ3n) is 3.11. The van der Waals surface area contributed by atoms with Crippen LogP contribution in [-0.2, 0) is 12.6 Å². The number of hydrogen-bond donors (Lipinski definition) is 1. The van der Waals surface area contributed by atoms with Gasteiger partial charge in [-0.15, -0.1) is 0 Å². The monoisotopic (exact) mass is 321 g/mol. The Bertz CT molecular complexity index is 884. The van der Waals surface area contributed by atoms with Crippen molar-refractivity contribution in [3.8, 4) is 11.4 Å². The summed E-state index contributed by atoms with van der Waals surface area (Å²) in [4.78, 5) is 17.8. The van der Waals surface area contributed by atoms with E-state index < -0.39 is 11.7 Å². The SMILES string of the molecule is O=c1cc(-c2noc(Cc3cccc(C(F)(F)F)c3)n2)cc[nH]1. The standard InChI is InChI=1S/C15H10F3N3O2/c16-15(17,18)11-3-1-2-9(6-11)7-13-20-14(21-23-13)10-4-5-19-12(22)8-10/h1-6,8H,7H2,(H,19,22). The van der Waals surface area contributed by atoms with E-state index in [1.807, 2.05) is 0 Å². The molecular weight excluding hydrogens is 311 g/mol. The van der Waals surface area contributed by atoms with E-state index in [1.54, 1.807) is 12.1 Å². The molecule has 0 unspecified atom stereocenters. The van der Waals surface area contributed by atoms with Crippen molar-refractivity contribution in [1.82, 2.24) is 15.1 Å². The highest BCUT2D eigenvalue weighted by atomic mass is 19.4. The number of aromatic nitrogens is 3. The largest absolute Gasteiger partial charge is 0.416 e. The Morgan fingerprint density at radius 1 is 1.17 bits per heavy atom. The first-order valence-electron chi connectivity index (χ1n) is 6.60. The third kappa shape index (κ3) is 3.47. The van der Waals surface area contributed by atoms with E-state index in [9.17, 15) is 18.0 Å². The van der Waals surface area contributed by atoms with Crippen LogP contribution in [0.1, 0.15) is 17.0 Å². The molecule has 23 heavy (non-hydrogen) atoms. The van der Waals surface area contributed by atoms with Crippen molar-refractivity contribution in [2.24, 2.45) is 0 Å². The predicted octanol–water partition coefficient (Wildman–Crippen LogP) is 3.03. The van der Waals surface area contributed by atoms with Gasteiger partial charge in [0.05, 0.1) is 12.0 Å². The molecule has 0 radical (unpaired) electrons. The van der Waals surface area contributed by atoms with Gasteiger partial charge >= 0.3 is 6.18 Å². The maximum atomic E-state index is 12.7. The second-order valence-corrected chi connectivity index (χ2v) is 4.83. The normalized spacial score (nSPS) is 11.6. The lowest BCUT2D eigenvalue weighted by Crippen LogP contribution is -2.05. The van der Waals surface area contributed by atoms with Crippen molar-refractivity contribution >= 4 is 0 Å². The van der Waals surface area contributed by atoms with Gasteiger partial charge in [-0.3, -0.25) is 4.79 Å². The summed E-state index contributed by atoms with van der Waals surface area (Å²) >= 11 is 0. The lowest BCUT2D eigenvalue weighted by molar-refractivity contribution is -0.137. The second kappa shape index (κ2) is 5.71. The molecule has 5 nitrogen and oxygen atoms in total.